The van der Waals surface area contributed by atoms with Crippen LogP contribution in [0.2, 0.25) is 0 Å². The number of hydrogen-bond donors (Lipinski definition) is 2. The molecule has 3 rings (SSSR count). The van der Waals surface area contributed by atoms with Crippen LogP contribution in [-0.2, 0) is 6.54 Å². The SMILES string of the molecule is N=C(N)c1cc2ccccc2n1Cc1ccccc1. The average molecular weight is 249 g/mol. The summed E-state index contributed by atoms with van der Waals surface area (Å²) < 4.78 is 2.09. The summed E-state index contributed by atoms with van der Waals surface area (Å²) in [5.74, 6) is 0.104. The number of hydrogen-bond acceptors (Lipinski definition) is 1. The first-order valence-electron chi connectivity index (χ1n) is 6.22. The topological polar surface area (TPSA) is 54.8 Å². The Bertz CT molecular complexity index is 726. The molecule has 3 nitrogen and oxygen atoms in total. The fourth-order valence-electron chi connectivity index (χ4n) is 2.37. The van der Waals surface area contributed by atoms with Gasteiger partial charge in [0.15, 0.2) is 0 Å². The van der Waals surface area contributed by atoms with E-state index in [1.807, 2.05) is 42.5 Å². The van der Waals surface area contributed by atoms with E-state index in [4.69, 9.17) is 11.1 Å². The summed E-state index contributed by atoms with van der Waals surface area (Å²) in [7, 11) is 0. The molecule has 0 aliphatic rings. The summed E-state index contributed by atoms with van der Waals surface area (Å²) in [5.41, 5.74) is 8.77. The molecule has 0 aliphatic heterocycles. The second kappa shape index (κ2) is 4.61. The van der Waals surface area contributed by atoms with E-state index in [0.717, 1.165) is 23.1 Å². The van der Waals surface area contributed by atoms with Gasteiger partial charge in [0.2, 0.25) is 0 Å². The zero-order chi connectivity index (χ0) is 13.2. The molecule has 94 valence electrons. The number of nitrogens with two attached hydrogens (primary N) is 1. The largest absolute Gasteiger partial charge is 0.382 e. The lowest BCUT2D eigenvalue weighted by Crippen LogP contribution is -2.17. The Kier molecular flexibility index (Phi) is 2.80. The molecule has 1 heterocycles. The lowest BCUT2D eigenvalue weighted by Gasteiger charge is -2.10. The predicted molar refractivity (Wildman–Crippen MR) is 78.5 cm³/mol. The van der Waals surface area contributed by atoms with Crippen molar-refractivity contribution < 1.29 is 0 Å². The molecule has 0 fully saturated rings. The van der Waals surface area contributed by atoms with Crippen molar-refractivity contribution in [3.63, 3.8) is 0 Å². The van der Waals surface area contributed by atoms with Gasteiger partial charge in [0.25, 0.3) is 0 Å². The molecule has 3 heteroatoms. The number of amidine groups is 1. The third-order valence-electron chi connectivity index (χ3n) is 3.27. The molecular formula is C16H15N3. The minimum Gasteiger partial charge on any atom is -0.382 e. The number of benzene rings is 2. The van der Waals surface area contributed by atoms with Gasteiger partial charge < -0.3 is 10.3 Å². The van der Waals surface area contributed by atoms with Crippen LogP contribution < -0.4 is 5.73 Å². The van der Waals surface area contributed by atoms with E-state index in [-0.39, 0.29) is 5.84 Å². The van der Waals surface area contributed by atoms with E-state index in [1.54, 1.807) is 0 Å². The molecule has 2 aromatic carbocycles. The number of nitrogens with one attached hydrogen (secondary N) is 1. The Labute approximate surface area is 111 Å². The molecular weight excluding hydrogens is 234 g/mol. The van der Waals surface area contributed by atoms with Crippen LogP contribution in [0.15, 0.2) is 60.7 Å². The normalized spacial score (nSPS) is 10.7. The summed E-state index contributed by atoms with van der Waals surface area (Å²) in [6.45, 7) is 0.725. The Morgan fingerprint density at radius 3 is 2.42 bits per heavy atom. The molecule has 1 aromatic heterocycles. The van der Waals surface area contributed by atoms with Crippen molar-refractivity contribution in [2.24, 2.45) is 5.73 Å². The molecule has 0 bridgehead atoms. The summed E-state index contributed by atoms with van der Waals surface area (Å²) >= 11 is 0. The van der Waals surface area contributed by atoms with Crippen molar-refractivity contribution in [1.29, 1.82) is 5.41 Å². The zero-order valence-corrected chi connectivity index (χ0v) is 10.5. The quantitative estimate of drug-likeness (QED) is 0.544. The Hall–Kier alpha value is -2.55. The van der Waals surface area contributed by atoms with Crippen molar-refractivity contribution >= 4 is 16.7 Å². The maximum Gasteiger partial charge on any atom is 0.139 e. The first kappa shape index (κ1) is 11.5. The van der Waals surface area contributed by atoms with Gasteiger partial charge in [-0.15, -0.1) is 0 Å². The lowest BCUT2D eigenvalue weighted by atomic mass is 10.2. The van der Waals surface area contributed by atoms with Gasteiger partial charge in [-0.25, -0.2) is 0 Å². The number of para-hydroxylation sites is 1. The first-order chi connectivity index (χ1) is 9.25. The van der Waals surface area contributed by atoms with Gasteiger partial charge in [0, 0.05) is 17.4 Å². The van der Waals surface area contributed by atoms with Crippen LogP contribution in [0.3, 0.4) is 0 Å². The van der Waals surface area contributed by atoms with Gasteiger partial charge in [-0.3, -0.25) is 5.41 Å². The van der Waals surface area contributed by atoms with E-state index in [2.05, 4.69) is 22.8 Å². The number of rotatable bonds is 3. The highest BCUT2D eigenvalue weighted by molar-refractivity contribution is 5.99. The maximum atomic E-state index is 7.73. The standard InChI is InChI=1S/C16H15N3/c17-16(18)15-10-13-8-4-5-9-14(13)19(15)11-12-6-2-1-3-7-12/h1-10H,11H2,(H3,17,18). The molecule has 19 heavy (non-hydrogen) atoms. The highest BCUT2D eigenvalue weighted by atomic mass is 15.0. The predicted octanol–water partition coefficient (Wildman–Crippen LogP) is 2.97. The van der Waals surface area contributed by atoms with Crippen LogP contribution in [0.5, 0.6) is 0 Å². The summed E-state index contributed by atoms with van der Waals surface area (Å²) in [6, 6.07) is 20.3. The van der Waals surface area contributed by atoms with Crippen LogP contribution in [0, 0.1) is 5.41 Å². The number of nitrogens with zero attached hydrogens (tertiary/aromatic N) is 1. The zero-order valence-electron chi connectivity index (χ0n) is 10.5. The summed E-state index contributed by atoms with van der Waals surface area (Å²) in [4.78, 5) is 0. The Balaban J connectivity index is 2.15. The molecule has 0 amide bonds. The molecule has 0 spiro atoms. The van der Waals surface area contributed by atoms with Crippen LogP contribution in [0.4, 0.5) is 0 Å². The summed E-state index contributed by atoms with van der Waals surface area (Å²) in [5, 5.41) is 8.85. The van der Waals surface area contributed by atoms with Gasteiger partial charge in [-0.2, -0.15) is 0 Å². The minimum absolute atomic E-state index is 0.104. The fourth-order valence-corrected chi connectivity index (χ4v) is 2.37. The van der Waals surface area contributed by atoms with Crippen molar-refractivity contribution in [1.82, 2.24) is 4.57 Å². The molecule has 0 saturated carbocycles. The maximum absolute atomic E-state index is 7.73. The molecule has 0 unspecified atom stereocenters. The van der Waals surface area contributed by atoms with E-state index in [9.17, 15) is 0 Å². The van der Waals surface area contributed by atoms with Crippen LogP contribution in [-0.4, -0.2) is 10.4 Å². The van der Waals surface area contributed by atoms with Crippen LogP contribution in [0.1, 0.15) is 11.3 Å². The minimum atomic E-state index is 0.104. The highest BCUT2D eigenvalue weighted by Crippen LogP contribution is 2.21. The van der Waals surface area contributed by atoms with Crippen molar-refractivity contribution in [2.45, 2.75) is 6.54 Å². The lowest BCUT2D eigenvalue weighted by molar-refractivity contribution is 0.825. The van der Waals surface area contributed by atoms with Crippen LogP contribution >= 0.6 is 0 Å². The number of fused-ring (bicyclic) bond motifs is 1. The third kappa shape index (κ3) is 2.10. The van der Waals surface area contributed by atoms with Crippen molar-refractivity contribution in [3.05, 3.63) is 71.9 Å². The molecule has 0 atom stereocenters. The molecule has 3 aromatic rings. The highest BCUT2D eigenvalue weighted by Gasteiger charge is 2.10. The molecule has 0 aliphatic carbocycles. The van der Waals surface area contributed by atoms with Gasteiger partial charge in [0.05, 0.1) is 5.69 Å². The fraction of sp³-hybridized carbons (Fsp3) is 0.0625. The second-order valence-corrected chi connectivity index (χ2v) is 4.57. The van der Waals surface area contributed by atoms with Crippen molar-refractivity contribution in [2.75, 3.05) is 0 Å². The number of aromatic nitrogens is 1. The molecule has 0 radical (unpaired) electrons. The van der Waals surface area contributed by atoms with E-state index in [0.29, 0.717) is 0 Å². The average Bonchev–Trinajstić information content (AvgIpc) is 2.79. The smallest absolute Gasteiger partial charge is 0.139 e. The van der Waals surface area contributed by atoms with Gasteiger partial charge in [-0.05, 0) is 17.7 Å². The van der Waals surface area contributed by atoms with Gasteiger partial charge in [-0.1, -0.05) is 48.5 Å². The third-order valence-corrected chi connectivity index (χ3v) is 3.27. The Morgan fingerprint density at radius 1 is 1.00 bits per heavy atom. The van der Waals surface area contributed by atoms with Crippen molar-refractivity contribution in [3.8, 4) is 0 Å². The second-order valence-electron chi connectivity index (χ2n) is 4.57. The Morgan fingerprint density at radius 2 is 1.68 bits per heavy atom. The van der Waals surface area contributed by atoms with Gasteiger partial charge in [0.1, 0.15) is 5.84 Å². The molecule has 0 saturated heterocycles. The summed E-state index contributed by atoms with van der Waals surface area (Å²) in [6.07, 6.45) is 0. The van der Waals surface area contributed by atoms with E-state index >= 15 is 0 Å². The molecule has 3 N–H and O–H groups in total. The van der Waals surface area contributed by atoms with E-state index < -0.39 is 0 Å². The van der Waals surface area contributed by atoms with Crippen LogP contribution in [0.25, 0.3) is 10.9 Å². The monoisotopic (exact) mass is 249 g/mol. The number of nitrogen functional groups attached to an aromatic ring is 1. The van der Waals surface area contributed by atoms with E-state index in [1.165, 1.54) is 5.56 Å². The first-order valence-corrected chi connectivity index (χ1v) is 6.22. The van der Waals surface area contributed by atoms with Gasteiger partial charge >= 0.3 is 0 Å².